The van der Waals surface area contributed by atoms with Crippen molar-refractivity contribution in [2.45, 2.75) is 52.2 Å². The minimum atomic E-state index is -0.471. The van der Waals surface area contributed by atoms with Gasteiger partial charge >= 0.3 is 12.1 Å². The SMILES string of the molecule is CC(C)(C)OC(=O)NCCCN1CCC(C(=O)OCc2ccccc2)CC1. The van der Waals surface area contributed by atoms with E-state index < -0.39 is 5.60 Å². The van der Waals surface area contributed by atoms with Crippen LogP contribution < -0.4 is 5.32 Å². The Kier molecular flexibility index (Phi) is 8.10. The van der Waals surface area contributed by atoms with Crippen molar-refractivity contribution in [3.8, 4) is 0 Å². The number of hydrogen-bond donors (Lipinski definition) is 1. The minimum Gasteiger partial charge on any atom is -0.461 e. The summed E-state index contributed by atoms with van der Waals surface area (Å²) < 4.78 is 10.7. The Morgan fingerprint density at radius 1 is 1.15 bits per heavy atom. The van der Waals surface area contributed by atoms with Crippen LogP contribution in [0.2, 0.25) is 0 Å². The quantitative estimate of drug-likeness (QED) is 0.584. The summed E-state index contributed by atoms with van der Waals surface area (Å²) in [5, 5.41) is 2.78. The molecule has 27 heavy (non-hydrogen) atoms. The van der Waals surface area contributed by atoms with Crippen LogP contribution >= 0.6 is 0 Å². The molecule has 1 heterocycles. The Morgan fingerprint density at radius 2 is 1.81 bits per heavy atom. The van der Waals surface area contributed by atoms with E-state index in [2.05, 4.69) is 10.2 Å². The van der Waals surface area contributed by atoms with Gasteiger partial charge in [-0.25, -0.2) is 4.79 Å². The third-order valence-corrected chi connectivity index (χ3v) is 4.46. The number of esters is 1. The smallest absolute Gasteiger partial charge is 0.407 e. The fourth-order valence-electron chi connectivity index (χ4n) is 3.05. The first kappa shape index (κ1) is 21.2. The molecule has 0 aliphatic carbocycles. The van der Waals surface area contributed by atoms with Crippen molar-refractivity contribution in [1.82, 2.24) is 10.2 Å². The Morgan fingerprint density at radius 3 is 2.44 bits per heavy atom. The molecule has 1 aromatic carbocycles. The molecule has 0 spiro atoms. The summed E-state index contributed by atoms with van der Waals surface area (Å²) >= 11 is 0. The van der Waals surface area contributed by atoms with Gasteiger partial charge in [-0.2, -0.15) is 0 Å². The molecule has 1 fully saturated rings. The molecule has 0 radical (unpaired) electrons. The predicted octanol–water partition coefficient (Wildman–Crippen LogP) is 3.36. The maximum Gasteiger partial charge on any atom is 0.407 e. The van der Waals surface area contributed by atoms with Gasteiger partial charge in [-0.1, -0.05) is 30.3 Å². The number of benzene rings is 1. The average Bonchev–Trinajstić information content (AvgIpc) is 2.63. The third-order valence-electron chi connectivity index (χ3n) is 4.46. The van der Waals surface area contributed by atoms with Crippen LogP contribution in [-0.4, -0.2) is 48.7 Å². The van der Waals surface area contributed by atoms with Crippen LogP contribution in [0.3, 0.4) is 0 Å². The molecule has 0 saturated carbocycles. The zero-order chi connectivity index (χ0) is 19.7. The zero-order valence-corrected chi connectivity index (χ0v) is 16.7. The van der Waals surface area contributed by atoms with E-state index in [9.17, 15) is 9.59 Å². The fourth-order valence-corrected chi connectivity index (χ4v) is 3.05. The maximum atomic E-state index is 12.2. The van der Waals surface area contributed by atoms with Gasteiger partial charge in [0.25, 0.3) is 0 Å². The molecular formula is C21H32N2O4. The third kappa shape index (κ3) is 8.43. The number of amides is 1. The molecule has 0 unspecified atom stereocenters. The summed E-state index contributed by atoms with van der Waals surface area (Å²) in [6.07, 6.45) is 2.14. The van der Waals surface area contributed by atoms with Crippen molar-refractivity contribution in [1.29, 1.82) is 0 Å². The zero-order valence-electron chi connectivity index (χ0n) is 16.7. The highest BCUT2D eigenvalue weighted by Crippen LogP contribution is 2.19. The highest BCUT2D eigenvalue weighted by molar-refractivity contribution is 5.72. The largest absolute Gasteiger partial charge is 0.461 e. The normalized spacial score (nSPS) is 16.0. The first-order valence-electron chi connectivity index (χ1n) is 9.73. The highest BCUT2D eigenvalue weighted by atomic mass is 16.6. The molecule has 6 nitrogen and oxygen atoms in total. The van der Waals surface area contributed by atoms with Crippen LogP contribution in [-0.2, 0) is 20.9 Å². The van der Waals surface area contributed by atoms with Gasteiger partial charge in [-0.05, 0) is 65.2 Å². The number of carbonyl (C=O) groups excluding carboxylic acids is 2. The summed E-state index contributed by atoms with van der Waals surface area (Å²) in [6.45, 7) is 9.16. The lowest BCUT2D eigenvalue weighted by Gasteiger charge is -2.30. The lowest BCUT2D eigenvalue weighted by atomic mass is 9.97. The average molecular weight is 376 g/mol. The van der Waals surface area contributed by atoms with Crippen LogP contribution in [0.5, 0.6) is 0 Å². The van der Waals surface area contributed by atoms with Gasteiger partial charge in [0.05, 0.1) is 5.92 Å². The number of likely N-dealkylation sites (tertiary alicyclic amines) is 1. The first-order chi connectivity index (χ1) is 12.8. The molecule has 6 heteroatoms. The maximum absolute atomic E-state index is 12.2. The molecule has 1 saturated heterocycles. The molecule has 1 aliphatic rings. The Labute approximate surface area is 162 Å². The van der Waals surface area contributed by atoms with Crippen molar-refractivity contribution in [2.24, 2.45) is 5.92 Å². The van der Waals surface area contributed by atoms with Crippen LogP contribution in [0.15, 0.2) is 30.3 Å². The number of piperidine rings is 1. The molecule has 0 atom stereocenters. The Hall–Kier alpha value is -2.08. The van der Waals surface area contributed by atoms with E-state index in [1.807, 2.05) is 51.1 Å². The Balaban J connectivity index is 1.57. The van der Waals surface area contributed by atoms with Crippen LogP contribution in [0, 0.1) is 5.92 Å². The number of rotatable bonds is 7. The second kappa shape index (κ2) is 10.3. The van der Waals surface area contributed by atoms with Crippen molar-refractivity contribution in [3.63, 3.8) is 0 Å². The molecule has 150 valence electrons. The van der Waals surface area contributed by atoms with Crippen LogP contribution in [0.4, 0.5) is 4.79 Å². The second-order valence-electron chi connectivity index (χ2n) is 7.99. The van der Waals surface area contributed by atoms with Gasteiger partial charge in [0.2, 0.25) is 0 Å². The number of nitrogens with one attached hydrogen (secondary N) is 1. The van der Waals surface area contributed by atoms with Gasteiger partial charge in [0, 0.05) is 6.54 Å². The molecule has 1 aliphatic heterocycles. The number of ether oxygens (including phenoxy) is 2. The topological polar surface area (TPSA) is 67.9 Å². The Bertz CT molecular complexity index is 590. The molecule has 1 amide bonds. The number of hydrogen-bond acceptors (Lipinski definition) is 5. The molecular weight excluding hydrogens is 344 g/mol. The van der Waals surface area contributed by atoms with Gasteiger partial charge in [0.15, 0.2) is 0 Å². The molecule has 0 bridgehead atoms. The van der Waals surface area contributed by atoms with Gasteiger partial charge in [-0.3, -0.25) is 4.79 Å². The number of nitrogens with zero attached hydrogens (tertiary/aromatic N) is 1. The number of alkyl carbamates (subject to hydrolysis) is 1. The van der Waals surface area contributed by atoms with Crippen molar-refractivity contribution in [3.05, 3.63) is 35.9 Å². The summed E-state index contributed by atoms with van der Waals surface area (Å²) in [4.78, 5) is 26.1. The van der Waals surface area contributed by atoms with Gasteiger partial charge < -0.3 is 19.7 Å². The van der Waals surface area contributed by atoms with E-state index in [1.165, 1.54) is 0 Å². The molecule has 1 aromatic rings. The monoisotopic (exact) mass is 376 g/mol. The van der Waals surface area contributed by atoms with Crippen molar-refractivity contribution < 1.29 is 19.1 Å². The predicted molar refractivity (Wildman–Crippen MR) is 104 cm³/mol. The van der Waals surface area contributed by atoms with Crippen LogP contribution in [0.1, 0.15) is 45.6 Å². The summed E-state index contributed by atoms with van der Waals surface area (Å²) in [7, 11) is 0. The summed E-state index contributed by atoms with van der Waals surface area (Å²) in [5.41, 5.74) is 0.543. The van der Waals surface area contributed by atoms with Crippen LogP contribution in [0.25, 0.3) is 0 Å². The van der Waals surface area contributed by atoms with Crippen molar-refractivity contribution >= 4 is 12.1 Å². The first-order valence-corrected chi connectivity index (χ1v) is 9.73. The summed E-state index contributed by atoms with van der Waals surface area (Å²) in [5.74, 6) is -0.102. The highest BCUT2D eigenvalue weighted by Gasteiger charge is 2.26. The van der Waals surface area contributed by atoms with E-state index in [0.717, 1.165) is 44.5 Å². The van der Waals surface area contributed by atoms with E-state index in [4.69, 9.17) is 9.47 Å². The summed E-state index contributed by atoms with van der Waals surface area (Å²) in [6, 6.07) is 9.76. The number of carbonyl (C=O) groups is 2. The molecule has 2 rings (SSSR count). The minimum absolute atomic E-state index is 0.00940. The molecule has 1 N–H and O–H groups in total. The van der Waals surface area contributed by atoms with E-state index in [1.54, 1.807) is 0 Å². The van der Waals surface area contributed by atoms with Gasteiger partial charge in [-0.15, -0.1) is 0 Å². The van der Waals surface area contributed by atoms with E-state index in [-0.39, 0.29) is 18.0 Å². The lowest BCUT2D eigenvalue weighted by Crippen LogP contribution is -2.39. The lowest BCUT2D eigenvalue weighted by molar-refractivity contribution is -0.151. The van der Waals surface area contributed by atoms with Gasteiger partial charge in [0.1, 0.15) is 12.2 Å². The van der Waals surface area contributed by atoms with Crippen molar-refractivity contribution in [2.75, 3.05) is 26.2 Å². The fraction of sp³-hybridized carbons (Fsp3) is 0.619. The van der Waals surface area contributed by atoms with E-state index >= 15 is 0 Å². The standard InChI is InChI=1S/C21H32N2O4/c1-21(2,3)27-20(25)22-12-7-13-23-14-10-18(11-15-23)19(24)26-16-17-8-5-4-6-9-17/h4-6,8-9,18H,7,10-16H2,1-3H3,(H,22,25). The van der Waals surface area contributed by atoms with E-state index in [0.29, 0.717) is 13.2 Å². The molecule has 0 aromatic heterocycles. The second-order valence-corrected chi connectivity index (χ2v) is 7.99.